The Morgan fingerprint density at radius 2 is 1.92 bits per heavy atom. The van der Waals surface area contributed by atoms with Crippen LogP contribution in [0.3, 0.4) is 0 Å². The number of fused-ring (bicyclic) bond motifs is 2. The lowest BCUT2D eigenvalue weighted by Crippen LogP contribution is -2.46. The molecule has 1 saturated heterocycles. The summed E-state index contributed by atoms with van der Waals surface area (Å²) in [7, 11) is -4.30. The number of hydrogen-bond acceptors (Lipinski definition) is 6. The van der Waals surface area contributed by atoms with Gasteiger partial charge in [-0.2, -0.15) is 4.31 Å². The molecule has 37 heavy (non-hydrogen) atoms. The summed E-state index contributed by atoms with van der Waals surface area (Å²) < 4.78 is 44.3. The zero-order valence-electron chi connectivity index (χ0n) is 19.0. The van der Waals surface area contributed by atoms with E-state index in [1.807, 2.05) is 0 Å². The molecule has 1 amide bonds. The monoisotopic (exact) mass is 564 g/mol. The molecule has 192 valence electrons. The Balaban J connectivity index is 1.45. The van der Waals surface area contributed by atoms with E-state index in [0.717, 1.165) is 16.4 Å². The van der Waals surface area contributed by atoms with Gasteiger partial charge in [-0.1, -0.05) is 47.5 Å². The van der Waals surface area contributed by atoms with Crippen LogP contribution in [0, 0.1) is 10.1 Å². The summed E-state index contributed by atoms with van der Waals surface area (Å²) in [6.45, 7) is -0.0805. The van der Waals surface area contributed by atoms with Gasteiger partial charge in [-0.25, -0.2) is 12.8 Å². The maximum absolute atomic E-state index is 16.4. The number of hydrogen-bond donors (Lipinski definition) is 1. The number of aromatic nitrogens is 1. The SMILES string of the molecule is O=C(NCc1ccc(Cl)cc1Cl)[C@]1(F)CC[C@@]2(CN2S(=O)(=O)c2ccccc2[N+](=O)[O-])c2ncccc21. The number of carbonyl (C=O) groups is 1. The van der Waals surface area contributed by atoms with Crippen molar-refractivity contribution in [3.63, 3.8) is 0 Å². The van der Waals surface area contributed by atoms with Crippen molar-refractivity contribution in [1.82, 2.24) is 14.6 Å². The van der Waals surface area contributed by atoms with E-state index in [-0.39, 0.29) is 37.2 Å². The van der Waals surface area contributed by atoms with Crippen molar-refractivity contribution >= 4 is 44.8 Å². The van der Waals surface area contributed by atoms with E-state index in [9.17, 15) is 23.3 Å². The van der Waals surface area contributed by atoms with E-state index in [2.05, 4.69) is 10.3 Å². The molecule has 9 nitrogen and oxygen atoms in total. The molecule has 0 bridgehead atoms. The fourth-order valence-electron chi connectivity index (χ4n) is 4.80. The summed E-state index contributed by atoms with van der Waals surface area (Å²) in [5.74, 6) is -0.906. The van der Waals surface area contributed by atoms with E-state index in [0.29, 0.717) is 15.6 Å². The van der Waals surface area contributed by atoms with Gasteiger partial charge in [0, 0.05) is 41.0 Å². The van der Waals surface area contributed by atoms with E-state index >= 15 is 4.39 Å². The van der Waals surface area contributed by atoms with Gasteiger partial charge in [0.05, 0.1) is 16.2 Å². The molecule has 1 spiro atoms. The molecule has 3 aromatic rings. The van der Waals surface area contributed by atoms with Crippen molar-refractivity contribution in [2.75, 3.05) is 6.54 Å². The Morgan fingerprint density at radius 1 is 1.16 bits per heavy atom. The number of nitrogens with zero attached hydrogens (tertiary/aromatic N) is 3. The van der Waals surface area contributed by atoms with Crippen LogP contribution >= 0.6 is 23.2 Å². The number of nitrogens with one attached hydrogen (secondary N) is 1. The highest BCUT2D eigenvalue weighted by Gasteiger charge is 2.67. The second kappa shape index (κ2) is 9.02. The van der Waals surface area contributed by atoms with Crippen molar-refractivity contribution in [3.8, 4) is 0 Å². The van der Waals surface area contributed by atoms with Gasteiger partial charge < -0.3 is 5.32 Å². The minimum absolute atomic E-state index is 0.0382. The second-order valence-electron chi connectivity index (χ2n) is 8.89. The fraction of sp³-hybridized carbons (Fsp3) is 0.250. The lowest BCUT2D eigenvalue weighted by atomic mass is 9.76. The molecular weight excluding hydrogens is 546 g/mol. The molecule has 2 heterocycles. The highest BCUT2D eigenvalue weighted by molar-refractivity contribution is 7.89. The standard InChI is InChI=1S/C24H19Cl2FN4O5S/c25-16-8-7-15(18(26)12-16)13-29-22(32)24(27)10-9-23(21-17(24)4-3-11-28-21)14-30(23)37(35,36)20-6-2-1-5-19(20)31(33)34/h1-8,11-12H,9-10,13-14H2,(H,29,32)/t23-,24+,30?/m1/s1. The Labute approximate surface area is 221 Å². The van der Waals surface area contributed by atoms with Crippen LogP contribution in [0.2, 0.25) is 10.0 Å². The number of rotatable bonds is 6. The third kappa shape index (κ3) is 4.15. The number of alkyl halides is 1. The van der Waals surface area contributed by atoms with Crippen molar-refractivity contribution in [2.45, 2.75) is 35.5 Å². The molecule has 1 aliphatic carbocycles. The summed E-state index contributed by atoms with van der Waals surface area (Å²) in [4.78, 5) is 27.6. The van der Waals surface area contributed by atoms with Crippen LogP contribution < -0.4 is 5.32 Å². The Morgan fingerprint density at radius 3 is 2.65 bits per heavy atom. The Hall–Kier alpha value is -3.12. The van der Waals surface area contributed by atoms with Crippen LogP contribution in [0.25, 0.3) is 0 Å². The van der Waals surface area contributed by atoms with Gasteiger partial charge in [-0.3, -0.25) is 19.9 Å². The zero-order valence-corrected chi connectivity index (χ0v) is 21.4. The minimum Gasteiger partial charge on any atom is -0.349 e. The van der Waals surface area contributed by atoms with Gasteiger partial charge in [-0.15, -0.1) is 0 Å². The van der Waals surface area contributed by atoms with Crippen LogP contribution in [0.1, 0.15) is 29.7 Å². The quantitative estimate of drug-likeness (QED) is 0.267. The fourth-order valence-corrected chi connectivity index (χ4v) is 7.19. The minimum atomic E-state index is -4.30. The first-order valence-corrected chi connectivity index (χ1v) is 13.3. The molecule has 1 fully saturated rings. The molecule has 13 heteroatoms. The Kier molecular flexibility index (Phi) is 6.22. The third-order valence-electron chi connectivity index (χ3n) is 6.78. The van der Waals surface area contributed by atoms with E-state index in [4.69, 9.17) is 23.2 Å². The first-order valence-electron chi connectivity index (χ1n) is 11.1. The second-order valence-corrected chi connectivity index (χ2v) is 11.6. The average Bonchev–Trinajstić information content (AvgIpc) is 3.62. The lowest BCUT2D eigenvalue weighted by Gasteiger charge is -2.34. The highest BCUT2D eigenvalue weighted by atomic mass is 35.5. The van der Waals surface area contributed by atoms with Crippen molar-refractivity contribution in [3.05, 3.63) is 97.8 Å². The van der Waals surface area contributed by atoms with Crippen molar-refractivity contribution in [1.29, 1.82) is 0 Å². The lowest BCUT2D eigenvalue weighted by molar-refractivity contribution is -0.387. The summed E-state index contributed by atoms with van der Waals surface area (Å²) >= 11 is 12.1. The maximum Gasteiger partial charge on any atom is 0.289 e. The third-order valence-corrected chi connectivity index (χ3v) is 9.33. The van der Waals surface area contributed by atoms with Crippen LogP contribution in [0.4, 0.5) is 10.1 Å². The number of amides is 1. The molecule has 3 atom stereocenters. The number of benzene rings is 2. The first-order chi connectivity index (χ1) is 17.5. The van der Waals surface area contributed by atoms with Crippen LogP contribution in [-0.2, 0) is 32.6 Å². The summed E-state index contributed by atoms with van der Waals surface area (Å²) in [5, 5.41) is 14.7. The molecular formula is C24H19Cl2FN4O5S. The molecule has 1 unspecified atom stereocenters. The van der Waals surface area contributed by atoms with Gasteiger partial charge in [0.2, 0.25) is 5.67 Å². The molecule has 2 aromatic carbocycles. The molecule has 5 rings (SSSR count). The number of halogens is 3. The summed E-state index contributed by atoms with van der Waals surface area (Å²) in [6, 6.07) is 12.7. The number of sulfonamides is 1. The van der Waals surface area contributed by atoms with Crippen LogP contribution in [0.15, 0.2) is 65.7 Å². The molecule has 2 aliphatic rings. The first kappa shape index (κ1) is 25.5. The highest BCUT2D eigenvalue weighted by Crippen LogP contribution is 2.57. The number of nitro groups is 1. The smallest absolute Gasteiger partial charge is 0.289 e. The number of carbonyl (C=O) groups excluding carboxylic acids is 1. The zero-order chi connectivity index (χ0) is 26.6. The van der Waals surface area contributed by atoms with Gasteiger partial charge in [0.15, 0.2) is 4.90 Å². The van der Waals surface area contributed by atoms with Gasteiger partial charge >= 0.3 is 0 Å². The maximum atomic E-state index is 16.4. The molecule has 0 saturated carbocycles. The largest absolute Gasteiger partial charge is 0.349 e. The molecule has 1 aliphatic heterocycles. The Bertz CT molecular complexity index is 1560. The van der Waals surface area contributed by atoms with Gasteiger partial charge in [-0.05, 0) is 42.7 Å². The number of nitro benzene ring substituents is 1. The van der Waals surface area contributed by atoms with Crippen molar-refractivity contribution in [2.24, 2.45) is 0 Å². The summed E-state index contributed by atoms with van der Waals surface area (Å²) in [5.41, 5.74) is -3.60. The molecule has 1 aromatic heterocycles. The van der Waals surface area contributed by atoms with E-state index in [1.54, 1.807) is 12.1 Å². The molecule has 1 N–H and O–H groups in total. The molecule has 0 radical (unpaired) electrons. The average molecular weight is 565 g/mol. The van der Waals surface area contributed by atoms with Gasteiger partial charge in [0.25, 0.3) is 21.6 Å². The predicted octanol–water partition coefficient (Wildman–Crippen LogP) is 4.47. The van der Waals surface area contributed by atoms with Crippen molar-refractivity contribution < 1.29 is 22.5 Å². The van der Waals surface area contributed by atoms with Crippen LogP contribution in [-0.4, -0.2) is 35.1 Å². The topological polar surface area (TPSA) is 122 Å². The van der Waals surface area contributed by atoms with E-state index < -0.39 is 42.6 Å². The number of para-hydroxylation sites is 1. The van der Waals surface area contributed by atoms with E-state index in [1.165, 1.54) is 36.5 Å². The number of pyridine rings is 1. The normalized spacial score (nSPS) is 24.4. The summed E-state index contributed by atoms with van der Waals surface area (Å²) in [6.07, 6.45) is 1.04. The predicted molar refractivity (Wildman–Crippen MR) is 133 cm³/mol. The van der Waals surface area contributed by atoms with Crippen LogP contribution in [0.5, 0.6) is 0 Å². The van der Waals surface area contributed by atoms with Gasteiger partial charge in [0.1, 0.15) is 0 Å².